The molecule has 15 heavy (non-hydrogen) atoms. The molecule has 0 amide bonds. The van der Waals surface area contributed by atoms with Crippen LogP contribution in [0.15, 0.2) is 18.3 Å². The van der Waals surface area contributed by atoms with Crippen molar-refractivity contribution in [2.24, 2.45) is 0 Å². The van der Waals surface area contributed by atoms with E-state index < -0.39 is 17.6 Å². The molecule has 0 radical (unpaired) electrons. The quantitative estimate of drug-likeness (QED) is 0.809. The summed E-state index contributed by atoms with van der Waals surface area (Å²) in [6.07, 6.45) is 1.22. The van der Waals surface area contributed by atoms with Crippen LogP contribution in [0, 0.1) is 5.82 Å². The molecule has 2 rings (SSSR count). The Morgan fingerprint density at radius 3 is 2.87 bits per heavy atom. The summed E-state index contributed by atoms with van der Waals surface area (Å²) in [4.78, 5) is 17.7. The molecule has 0 bridgehead atoms. The molecular weight excluding hydrogens is 223 g/mol. The molecule has 0 fully saturated rings. The number of hydrogen-bond donors (Lipinski definition) is 1. The predicted octanol–water partition coefficient (Wildman–Crippen LogP) is 2.12. The zero-order chi connectivity index (χ0) is 11.0. The minimum absolute atomic E-state index is 0.0493. The minimum atomic E-state index is -1.30. The highest BCUT2D eigenvalue weighted by atomic mass is 35.5. The summed E-state index contributed by atoms with van der Waals surface area (Å²) >= 11 is 5.61. The van der Waals surface area contributed by atoms with Gasteiger partial charge in [-0.15, -0.1) is 0 Å². The molecule has 1 aromatic heterocycles. The number of hydrogen-bond acceptors (Lipinski definition) is 3. The summed E-state index contributed by atoms with van der Waals surface area (Å²) in [7, 11) is 0. The average molecular weight is 227 g/mol. The van der Waals surface area contributed by atoms with Crippen molar-refractivity contribution in [2.45, 2.75) is 0 Å². The first kappa shape index (κ1) is 9.79. The van der Waals surface area contributed by atoms with Crippen molar-refractivity contribution in [3.8, 4) is 0 Å². The molecule has 4 nitrogen and oxygen atoms in total. The molecule has 6 heteroatoms. The van der Waals surface area contributed by atoms with E-state index in [2.05, 4.69) is 9.97 Å². The molecule has 0 unspecified atom stereocenters. The number of halogens is 2. The van der Waals surface area contributed by atoms with Gasteiger partial charge in [-0.05, 0) is 12.1 Å². The second-order valence-electron chi connectivity index (χ2n) is 2.82. The highest BCUT2D eigenvalue weighted by molar-refractivity contribution is 6.31. The lowest BCUT2D eigenvalue weighted by molar-refractivity contribution is 0.0684. The van der Waals surface area contributed by atoms with Gasteiger partial charge in [0.25, 0.3) is 0 Å². The summed E-state index contributed by atoms with van der Waals surface area (Å²) in [5.74, 6) is -2.41. The zero-order valence-corrected chi connectivity index (χ0v) is 7.99. The number of carboxylic acids is 1. The Labute approximate surface area is 88.3 Å². The summed E-state index contributed by atoms with van der Waals surface area (Å²) in [6, 6.07) is 2.54. The van der Waals surface area contributed by atoms with Crippen LogP contribution in [0.3, 0.4) is 0 Å². The van der Waals surface area contributed by atoms with Crippen molar-refractivity contribution in [1.29, 1.82) is 0 Å². The second-order valence-corrected chi connectivity index (χ2v) is 3.26. The van der Waals surface area contributed by atoms with Gasteiger partial charge in [-0.25, -0.2) is 19.2 Å². The van der Waals surface area contributed by atoms with Gasteiger partial charge in [-0.2, -0.15) is 0 Å². The van der Waals surface area contributed by atoms with Gasteiger partial charge in [0.15, 0.2) is 5.82 Å². The van der Waals surface area contributed by atoms with Crippen LogP contribution in [0.4, 0.5) is 4.39 Å². The van der Waals surface area contributed by atoms with Gasteiger partial charge in [-0.1, -0.05) is 11.6 Å². The Hall–Kier alpha value is -1.75. The molecule has 1 aromatic carbocycles. The SMILES string of the molecule is O=C(O)c1ncc2cc(Cl)cc(F)c2n1. The molecular formula is C9H4ClFN2O2. The highest BCUT2D eigenvalue weighted by Gasteiger charge is 2.10. The summed E-state index contributed by atoms with van der Waals surface area (Å²) in [5, 5.41) is 9.20. The fourth-order valence-corrected chi connectivity index (χ4v) is 1.38. The van der Waals surface area contributed by atoms with Crippen molar-refractivity contribution >= 4 is 28.5 Å². The van der Waals surface area contributed by atoms with Crippen LogP contribution in [-0.2, 0) is 0 Å². The maximum Gasteiger partial charge on any atom is 0.373 e. The molecule has 0 spiro atoms. The molecule has 0 atom stereocenters. The third kappa shape index (κ3) is 1.73. The number of fused-ring (bicyclic) bond motifs is 1. The van der Waals surface area contributed by atoms with Gasteiger partial charge in [-0.3, -0.25) is 0 Å². The van der Waals surface area contributed by atoms with E-state index in [4.69, 9.17) is 16.7 Å². The largest absolute Gasteiger partial charge is 0.475 e. The van der Waals surface area contributed by atoms with Gasteiger partial charge < -0.3 is 5.11 Å². The fourth-order valence-electron chi connectivity index (χ4n) is 1.17. The zero-order valence-electron chi connectivity index (χ0n) is 7.24. The maximum absolute atomic E-state index is 13.3. The predicted molar refractivity (Wildman–Crippen MR) is 51.5 cm³/mol. The topological polar surface area (TPSA) is 63.1 Å². The van der Waals surface area contributed by atoms with Crippen LogP contribution in [0.2, 0.25) is 5.02 Å². The minimum Gasteiger partial charge on any atom is -0.475 e. The first-order valence-corrected chi connectivity index (χ1v) is 4.31. The molecule has 76 valence electrons. The monoisotopic (exact) mass is 226 g/mol. The highest BCUT2D eigenvalue weighted by Crippen LogP contribution is 2.20. The smallest absolute Gasteiger partial charge is 0.373 e. The number of rotatable bonds is 1. The molecule has 0 aliphatic heterocycles. The normalized spacial score (nSPS) is 10.5. The number of nitrogens with zero attached hydrogens (tertiary/aromatic N) is 2. The number of aromatic nitrogens is 2. The van der Waals surface area contributed by atoms with Crippen LogP contribution in [0.25, 0.3) is 10.9 Å². The molecule has 1 heterocycles. The maximum atomic E-state index is 13.3. The molecule has 0 aliphatic carbocycles. The Morgan fingerprint density at radius 1 is 1.47 bits per heavy atom. The van der Waals surface area contributed by atoms with E-state index in [1.54, 1.807) is 0 Å². The molecule has 0 saturated heterocycles. The van der Waals surface area contributed by atoms with Crippen LogP contribution in [0.5, 0.6) is 0 Å². The van der Waals surface area contributed by atoms with E-state index in [0.717, 1.165) is 6.07 Å². The first-order chi connectivity index (χ1) is 7.08. The third-order valence-corrected chi connectivity index (χ3v) is 2.01. The van der Waals surface area contributed by atoms with Gasteiger partial charge in [0, 0.05) is 16.6 Å². The molecule has 0 saturated carbocycles. The van der Waals surface area contributed by atoms with E-state index in [-0.39, 0.29) is 10.5 Å². The lowest BCUT2D eigenvalue weighted by Gasteiger charge is -2.00. The Kier molecular flexibility index (Phi) is 2.24. The van der Waals surface area contributed by atoms with Gasteiger partial charge in [0.2, 0.25) is 5.82 Å². The lowest BCUT2D eigenvalue weighted by Crippen LogP contribution is -2.04. The molecule has 0 aliphatic rings. The Balaban J connectivity index is 2.76. The van der Waals surface area contributed by atoms with E-state index in [9.17, 15) is 9.18 Å². The number of benzene rings is 1. The van der Waals surface area contributed by atoms with Gasteiger partial charge in [0.1, 0.15) is 5.52 Å². The number of carbonyl (C=O) groups is 1. The van der Waals surface area contributed by atoms with Crippen molar-refractivity contribution in [3.05, 3.63) is 35.0 Å². The summed E-state index contributed by atoms with van der Waals surface area (Å²) in [6.45, 7) is 0. The van der Waals surface area contributed by atoms with Gasteiger partial charge in [0.05, 0.1) is 0 Å². The Morgan fingerprint density at radius 2 is 2.20 bits per heavy atom. The van der Waals surface area contributed by atoms with Crippen LogP contribution >= 0.6 is 11.6 Å². The number of aromatic carboxylic acids is 1. The second kappa shape index (κ2) is 3.43. The van der Waals surface area contributed by atoms with Crippen molar-refractivity contribution in [1.82, 2.24) is 9.97 Å². The summed E-state index contributed by atoms with van der Waals surface area (Å²) < 4.78 is 13.3. The van der Waals surface area contributed by atoms with Gasteiger partial charge >= 0.3 is 5.97 Å². The van der Waals surface area contributed by atoms with E-state index in [1.165, 1.54) is 12.3 Å². The van der Waals surface area contributed by atoms with E-state index >= 15 is 0 Å². The van der Waals surface area contributed by atoms with E-state index in [0.29, 0.717) is 5.39 Å². The van der Waals surface area contributed by atoms with Crippen LogP contribution in [-0.4, -0.2) is 21.0 Å². The van der Waals surface area contributed by atoms with Crippen molar-refractivity contribution in [3.63, 3.8) is 0 Å². The lowest BCUT2D eigenvalue weighted by atomic mass is 10.2. The standard InChI is InChI=1S/C9H4ClFN2O2/c10-5-1-4-3-12-8(9(14)15)13-7(4)6(11)2-5/h1-3H,(H,14,15). The number of carboxylic acid groups (broad SMARTS) is 1. The Bertz CT molecular complexity index is 559. The molecule has 1 N–H and O–H groups in total. The van der Waals surface area contributed by atoms with Crippen LogP contribution < -0.4 is 0 Å². The average Bonchev–Trinajstić information content (AvgIpc) is 2.16. The van der Waals surface area contributed by atoms with Crippen LogP contribution in [0.1, 0.15) is 10.6 Å². The molecule has 2 aromatic rings. The third-order valence-electron chi connectivity index (χ3n) is 1.79. The van der Waals surface area contributed by atoms with E-state index in [1.807, 2.05) is 0 Å². The van der Waals surface area contributed by atoms with Crippen molar-refractivity contribution < 1.29 is 14.3 Å². The first-order valence-electron chi connectivity index (χ1n) is 3.93. The van der Waals surface area contributed by atoms with Crippen molar-refractivity contribution in [2.75, 3.05) is 0 Å². The fraction of sp³-hybridized carbons (Fsp3) is 0. The summed E-state index contributed by atoms with van der Waals surface area (Å²) in [5.41, 5.74) is -0.0493.